The van der Waals surface area contributed by atoms with Crippen LogP contribution in [0.2, 0.25) is 0 Å². The molecule has 1 aromatic carbocycles. The van der Waals surface area contributed by atoms with Crippen molar-refractivity contribution in [3.8, 4) is 5.75 Å². The van der Waals surface area contributed by atoms with Crippen molar-refractivity contribution < 1.29 is 14.3 Å². The Labute approximate surface area is 125 Å². The van der Waals surface area contributed by atoms with E-state index in [-0.39, 0.29) is 17.9 Å². The van der Waals surface area contributed by atoms with Crippen LogP contribution in [-0.4, -0.2) is 24.5 Å². The van der Waals surface area contributed by atoms with Crippen molar-refractivity contribution in [2.45, 2.75) is 45.6 Å². The van der Waals surface area contributed by atoms with Gasteiger partial charge in [0.15, 0.2) is 6.61 Å². The van der Waals surface area contributed by atoms with Gasteiger partial charge in [0.25, 0.3) is 5.91 Å². The van der Waals surface area contributed by atoms with Crippen molar-refractivity contribution in [2.24, 2.45) is 5.73 Å². The lowest BCUT2D eigenvalue weighted by atomic mass is 9.82. The molecule has 1 aromatic rings. The largest absolute Gasteiger partial charge is 0.484 e. The molecule has 0 saturated heterocycles. The summed E-state index contributed by atoms with van der Waals surface area (Å²) in [6.07, 6.45) is 1.04. The molecular weight excluding hydrogens is 268 g/mol. The molecule has 3 N–H and O–H groups in total. The molecule has 0 fully saturated rings. The summed E-state index contributed by atoms with van der Waals surface area (Å²) in [5.74, 6) is -0.332. The van der Waals surface area contributed by atoms with Crippen LogP contribution >= 0.6 is 0 Å². The number of benzene rings is 1. The van der Waals surface area contributed by atoms with Crippen LogP contribution in [0.5, 0.6) is 5.75 Å². The third-order valence-corrected chi connectivity index (χ3v) is 3.69. The first-order chi connectivity index (χ1) is 9.76. The number of hydrogen-bond donors (Lipinski definition) is 2. The van der Waals surface area contributed by atoms with E-state index in [1.165, 1.54) is 12.5 Å². The van der Waals surface area contributed by atoms with E-state index in [1.807, 2.05) is 24.3 Å². The molecule has 2 amide bonds. The van der Waals surface area contributed by atoms with E-state index in [2.05, 4.69) is 26.1 Å². The molecule has 1 atom stereocenters. The number of nitrogens with one attached hydrogen (secondary N) is 1. The normalized spacial score (nSPS) is 12.6. The zero-order chi connectivity index (χ0) is 16.0. The third kappa shape index (κ3) is 5.10. The highest BCUT2D eigenvalue weighted by Gasteiger charge is 2.17. The fourth-order valence-corrected chi connectivity index (χ4v) is 1.71. The lowest BCUT2D eigenvalue weighted by Gasteiger charge is -2.23. The third-order valence-electron chi connectivity index (χ3n) is 3.69. The average Bonchev–Trinajstić information content (AvgIpc) is 2.45. The quantitative estimate of drug-likeness (QED) is 0.803. The van der Waals surface area contributed by atoms with Crippen LogP contribution in [0, 0.1) is 0 Å². The van der Waals surface area contributed by atoms with Gasteiger partial charge < -0.3 is 15.8 Å². The highest BCUT2D eigenvalue weighted by molar-refractivity contribution is 5.86. The van der Waals surface area contributed by atoms with Crippen LogP contribution in [0.25, 0.3) is 0 Å². The van der Waals surface area contributed by atoms with Crippen molar-refractivity contribution in [1.29, 1.82) is 0 Å². The maximum absolute atomic E-state index is 11.6. The average molecular weight is 292 g/mol. The Balaban J connectivity index is 2.53. The van der Waals surface area contributed by atoms with Gasteiger partial charge in [0.2, 0.25) is 5.91 Å². The van der Waals surface area contributed by atoms with Crippen LogP contribution in [0.1, 0.15) is 39.7 Å². The molecule has 0 aromatic heterocycles. The summed E-state index contributed by atoms with van der Waals surface area (Å²) in [6, 6.07) is 6.99. The number of nitrogens with two attached hydrogens (primary N) is 1. The predicted octanol–water partition coefficient (Wildman–Crippen LogP) is 1.74. The Bertz CT molecular complexity index is 495. The van der Waals surface area contributed by atoms with E-state index >= 15 is 0 Å². The van der Waals surface area contributed by atoms with Crippen molar-refractivity contribution >= 4 is 11.8 Å². The number of hydrogen-bond acceptors (Lipinski definition) is 3. The number of primary amides is 1. The Morgan fingerprint density at radius 3 is 2.33 bits per heavy atom. The summed E-state index contributed by atoms with van der Waals surface area (Å²) < 4.78 is 5.39. The van der Waals surface area contributed by atoms with E-state index in [1.54, 1.807) is 0 Å². The maximum Gasteiger partial charge on any atom is 0.258 e. The summed E-state index contributed by atoms with van der Waals surface area (Å²) >= 11 is 0. The molecule has 116 valence electrons. The van der Waals surface area contributed by atoms with E-state index in [4.69, 9.17) is 10.5 Å². The molecule has 1 rings (SSSR count). The minimum absolute atomic E-state index is 0.118. The first kappa shape index (κ1) is 17.0. The van der Waals surface area contributed by atoms with Crippen LogP contribution in [0.15, 0.2) is 24.3 Å². The molecule has 21 heavy (non-hydrogen) atoms. The second kappa shape index (κ2) is 7.11. The first-order valence-electron chi connectivity index (χ1n) is 7.08. The van der Waals surface area contributed by atoms with Crippen LogP contribution in [0.3, 0.4) is 0 Å². The Kier molecular flexibility index (Phi) is 5.76. The van der Waals surface area contributed by atoms with Gasteiger partial charge in [-0.3, -0.25) is 9.59 Å². The number of amides is 2. The zero-order valence-electron chi connectivity index (χ0n) is 13.1. The van der Waals surface area contributed by atoms with Gasteiger partial charge in [-0.05, 0) is 36.5 Å². The topological polar surface area (TPSA) is 81.4 Å². The van der Waals surface area contributed by atoms with E-state index in [0.717, 1.165) is 6.42 Å². The molecule has 0 bridgehead atoms. The molecular formula is C16H24N2O3. The highest BCUT2D eigenvalue weighted by atomic mass is 16.5. The summed E-state index contributed by atoms with van der Waals surface area (Å²) in [5, 5.41) is 2.46. The summed E-state index contributed by atoms with van der Waals surface area (Å²) in [6.45, 7) is 7.90. The van der Waals surface area contributed by atoms with Crippen molar-refractivity contribution in [3.63, 3.8) is 0 Å². The number of carbonyl (C=O) groups is 2. The van der Waals surface area contributed by atoms with Gasteiger partial charge in [-0.15, -0.1) is 0 Å². The Morgan fingerprint density at radius 1 is 1.29 bits per heavy atom. The molecule has 0 heterocycles. The number of rotatable bonds is 7. The standard InChI is InChI=1S/C16H24N2O3/c1-5-16(3,4)12-6-8-13(9-7-12)21-10-14(19)18-11(2)15(17)20/h6-9,11H,5,10H2,1-4H3,(H2,17,20)(H,18,19). The molecule has 5 nitrogen and oxygen atoms in total. The fraction of sp³-hybridized carbons (Fsp3) is 0.500. The second-order valence-corrected chi connectivity index (χ2v) is 5.74. The van der Waals surface area contributed by atoms with Gasteiger partial charge in [0.05, 0.1) is 0 Å². The number of ether oxygens (including phenoxy) is 1. The predicted molar refractivity (Wildman–Crippen MR) is 82.1 cm³/mol. The highest BCUT2D eigenvalue weighted by Crippen LogP contribution is 2.27. The second-order valence-electron chi connectivity index (χ2n) is 5.74. The molecule has 0 spiro atoms. The summed E-state index contributed by atoms with van der Waals surface area (Å²) in [4.78, 5) is 22.4. The van der Waals surface area contributed by atoms with Crippen molar-refractivity contribution in [2.75, 3.05) is 6.61 Å². The zero-order valence-corrected chi connectivity index (χ0v) is 13.1. The van der Waals surface area contributed by atoms with Gasteiger partial charge in [0, 0.05) is 0 Å². The first-order valence-corrected chi connectivity index (χ1v) is 7.08. The van der Waals surface area contributed by atoms with E-state index < -0.39 is 11.9 Å². The Morgan fingerprint density at radius 2 is 1.86 bits per heavy atom. The van der Waals surface area contributed by atoms with Gasteiger partial charge in [-0.25, -0.2) is 0 Å². The monoisotopic (exact) mass is 292 g/mol. The minimum Gasteiger partial charge on any atom is -0.484 e. The fourth-order valence-electron chi connectivity index (χ4n) is 1.71. The SMILES string of the molecule is CCC(C)(C)c1ccc(OCC(=O)NC(C)C(N)=O)cc1. The summed E-state index contributed by atoms with van der Waals surface area (Å²) in [5.41, 5.74) is 6.41. The van der Waals surface area contributed by atoms with Crippen LogP contribution in [0.4, 0.5) is 0 Å². The number of carbonyl (C=O) groups excluding carboxylic acids is 2. The lowest BCUT2D eigenvalue weighted by Crippen LogP contribution is -2.44. The lowest BCUT2D eigenvalue weighted by molar-refractivity contribution is -0.128. The molecule has 0 aliphatic heterocycles. The van der Waals surface area contributed by atoms with Gasteiger partial charge in [0.1, 0.15) is 11.8 Å². The van der Waals surface area contributed by atoms with Gasteiger partial charge in [-0.1, -0.05) is 32.9 Å². The minimum atomic E-state index is -0.700. The van der Waals surface area contributed by atoms with Gasteiger partial charge in [-0.2, -0.15) is 0 Å². The molecule has 0 radical (unpaired) electrons. The van der Waals surface area contributed by atoms with Crippen molar-refractivity contribution in [1.82, 2.24) is 5.32 Å². The van der Waals surface area contributed by atoms with Gasteiger partial charge >= 0.3 is 0 Å². The summed E-state index contributed by atoms with van der Waals surface area (Å²) in [7, 11) is 0. The van der Waals surface area contributed by atoms with E-state index in [9.17, 15) is 9.59 Å². The molecule has 0 aliphatic carbocycles. The smallest absolute Gasteiger partial charge is 0.258 e. The van der Waals surface area contributed by atoms with E-state index in [0.29, 0.717) is 5.75 Å². The Hall–Kier alpha value is -2.04. The molecule has 1 unspecified atom stereocenters. The molecule has 5 heteroatoms. The van der Waals surface area contributed by atoms with Crippen LogP contribution in [-0.2, 0) is 15.0 Å². The maximum atomic E-state index is 11.6. The molecule has 0 aliphatic rings. The molecule has 0 saturated carbocycles. The van der Waals surface area contributed by atoms with Crippen molar-refractivity contribution in [3.05, 3.63) is 29.8 Å². The van der Waals surface area contributed by atoms with Crippen LogP contribution < -0.4 is 15.8 Å².